The first-order valence-electron chi connectivity index (χ1n) is 13.0. The molecule has 0 fully saturated rings. The van der Waals surface area contributed by atoms with Crippen LogP contribution in [0.2, 0.25) is 0 Å². The Morgan fingerprint density at radius 3 is 1.56 bits per heavy atom. The van der Waals surface area contributed by atoms with Gasteiger partial charge in [-0.3, -0.25) is 13.8 Å². The Hall–Kier alpha value is -0.540. The molecule has 0 aliphatic rings. The second kappa shape index (κ2) is 22.9. The number of aliphatic hydroxyl groups excluding tert-OH is 3. The van der Waals surface area contributed by atoms with Gasteiger partial charge in [-0.25, -0.2) is 4.57 Å². The summed E-state index contributed by atoms with van der Waals surface area (Å²) in [5.74, 6) is -0.428. The van der Waals surface area contributed by atoms with Crippen molar-refractivity contribution in [1.29, 1.82) is 0 Å². The molecule has 204 valence electrons. The molecule has 0 radical (unpaired) electrons. The third-order valence-corrected chi connectivity index (χ3v) is 6.44. The second-order valence-electron chi connectivity index (χ2n) is 8.93. The summed E-state index contributed by atoms with van der Waals surface area (Å²) in [6, 6.07) is 0. The maximum absolute atomic E-state index is 11.7. The van der Waals surface area contributed by atoms with Crippen LogP contribution < -0.4 is 0 Å². The number of phosphoric ester groups is 1. The van der Waals surface area contributed by atoms with E-state index < -0.39 is 45.8 Å². The fourth-order valence-electron chi connectivity index (χ4n) is 3.40. The number of esters is 1. The second-order valence-corrected chi connectivity index (χ2v) is 10.4. The van der Waals surface area contributed by atoms with Crippen LogP contribution in [0, 0.1) is 0 Å². The predicted molar refractivity (Wildman–Crippen MR) is 131 cm³/mol. The zero-order valence-electron chi connectivity index (χ0n) is 21.1. The lowest BCUT2D eigenvalue weighted by atomic mass is 10.0. The summed E-state index contributed by atoms with van der Waals surface area (Å²) in [5, 5.41) is 27.4. The molecule has 0 aromatic carbocycles. The number of phosphoric acid groups is 1. The molecule has 3 atom stereocenters. The Balaban J connectivity index is 3.50. The van der Waals surface area contributed by atoms with E-state index in [2.05, 4.69) is 16.0 Å². The highest BCUT2D eigenvalue weighted by atomic mass is 31.2. The van der Waals surface area contributed by atoms with Crippen LogP contribution in [0.1, 0.15) is 110 Å². The minimum absolute atomic E-state index is 0.270. The highest BCUT2D eigenvalue weighted by Crippen LogP contribution is 2.43. The topological polar surface area (TPSA) is 143 Å². The molecule has 0 rings (SSSR count). The summed E-state index contributed by atoms with van der Waals surface area (Å²) in [4.78, 5) is 21.1. The van der Waals surface area contributed by atoms with E-state index in [-0.39, 0.29) is 13.0 Å². The van der Waals surface area contributed by atoms with E-state index in [0.29, 0.717) is 0 Å². The maximum atomic E-state index is 11.7. The Kier molecular flexibility index (Phi) is 22.5. The molecule has 0 heterocycles. The van der Waals surface area contributed by atoms with Crippen LogP contribution >= 0.6 is 7.82 Å². The molecule has 0 aliphatic carbocycles. The molecule has 4 N–H and O–H groups in total. The quantitative estimate of drug-likeness (QED) is 0.0781. The van der Waals surface area contributed by atoms with Crippen molar-refractivity contribution in [3.63, 3.8) is 0 Å². The molecule has 9 nitrogen and oxygen atoms in total. The van der Waals surface area contributed by atoms with Gasteiger partial charge in [0.2, 0.25) is 0 Å². The van der Waals surface area contributed by atoms with Crippen molar-refractivity contribution >= 4 is 13.8 Å². The summed E-state index contributed by atoms with van der Waals surface area (Å²) in [6.07, 6.45) is 16.4. The number of rotatable bonds is 25. The smallest absolute Gasteiger partial charge is 0.463 e. The van der Waals surface area contributed by atoms with E-state index in [1.54, 1.807) is 0 Å². The fraction of sp³-hybridized carbons (Fsp3) is 0.958. The molecule has 0 saturated carbocycles. The number of unbranched alkanes of at least 4 members (excludes halogenated alkanes) is 14. The van der Waals surface area contributed by atoms with Gasteiger partial charge in [-0.2, -0.15) is 0 Å². The minimum atomic E-state index is -4.48. The van der Waals surface area contributed by atoms with Crippen molar-refractivity contribution in [3.8, 4) is 0 Å². The van der Waals surface area contributed by atoms with Crippen molar-refractivity contribution in [3.05, 3.63) is 0 Å². The van der Waals surface area contributed by atoms with Crippen LogP contribution in [0.25, 0.3) is 0 Å². The molecule has 0 saturated heterocycles. The van der Waals surface area contributed by atoms with Crippen molar-refractivity contribution < 1.29 is 43.4 Å². The molecule has 2 unspecified atom stereocenters. The molecule has 10 heteroatoms. The van der Waals surface area contributed by atoms with Crippen molar-refractivity contribution in [1.82, 2.24) is 0 Å². The standard InChI is InChI=1S/C24H49O9P/c1-2-3-4-5-6-7-8-9-10-11-12-13-14-15-16-17-24(28)31-19-23(27)21-33-34(29,30)32-20-22(26)18-25/h22-23,25-27H,2-21H2,1H3,(H,29,30)/t22-,23?/m0/s1. The number of hydrogen-bond acceptors (Lipinski definition) is 8. The fourth-order valence-corrected chi connectivity index (χ4v) is 4.20. The lowest BCUT2D eigenvalue weighted by molar-refractivity contribution is -0.147. The molecule has 0 aromatic heterocycles. The first kappa shape index (κ1) is 33.5. The SMILES string of the molecule is CCCCCCCCCCCCCCCCCC(=O)OCC(O)COP(=O)(O)OC[C@@H](O)CO. The van der Waals surface area contributed by atoms with Crippen molar-refractivity contribution in [2.24, 2.45) is 0 Å². The zero-order chi connectivity index (χ0) is 25.5. The highest BCUT2D eigenvalue weighted by molar-refractivity contribution is 7.47. The number of carbonyl (C=O) groups is 1. The van der Waals surface area contributed by atoms with Gasteiger partial charge in [0.1, 0.15) is 18.8 Å². The summed E-state index contributed by atoms with van der Waals surface area (Å²) >= 11 is 0. The number of hydrogen-bond donors (Lipinski definition) is 4. The lowest BCUT2D eigenvalue weighted by Crippen LogP contribution is -2.24. The number of ether oxygens (including phenoxy) is 1. The summed E-state index contributed by atoms with van der Waals surface area (Å²) in [5.41, 5.74) is 0. The van der Waals surface area contributed by atoms with Gasteiger partial charge in [0.15, 0.2) is 0 Å². The Morgan fingerprint density at radius 1 is 0.706 bits per heavy atom. The van der Waals surface area contributed by atoms with Crippen LogP contribution in [-0.2, 0) is 23.1 Å². The molecular formula is C24H49O9P. The Labute approximate surface area is 205 Å². The van der Waals surface area contributed by atoms with E-state index >= 15 is 0 Å². The van der Waals surface area contributed by atoms with Crippen LogP contribution in [0.3, 0.4) is 0 Å². The molecule has 0 spiro atoms. The highest BCUT2D eigenvalue weighted by Gasteiger charge is 2.24. The Bertz CT molecular complexity index is 519. The van der Waals surface area contributed by atoms with Gasteiger partial charge in [-0.15, -0.1) is 0 Å². The molecule has 0 aliphatic heterocycles. The van der Waals surface area contributed by atoms with Crippen LogP contribution in [0.4, 0.5) is 0 Å². The molecule has 0 bridgehead atoms. The number of carbonyl (C=O) groups excluding carboxylic acids is 1. The normalized spacial score (nSPS) is 15.1. The largest absolute Gasteiger partial charge is 0.472 e. The van der Waals surface area contributed by atoms with Crippen molar-refractivity contribution in [2.75, 3.05) is 26.4 Å². The van der Waals surface area contributed by atoms with Gasteiger partial charge in [0, 0.05) is 6.42 Å². The maximum Gasteiger partial charge on any atom is 0.472 e. The lowest BCUT2D eigenvalue weighted by Gasteiger charge is -2.16. The minimum Gasteiger partial charge on any atom is -0.463 e. The van der Waals surface area contributed by atoms with E-state index in [4.69, 9.17) is 14.9 Å². The first-order valence-corrected chi connectivity index (χ1v) is 14.5. The van der Waals surface area contributed by atoms with Crippen LogP contribution in [0.15, 0.2) is 0 Å². The average molecular weight is 513 g/mol. The molecule has 0 aromatic rings. The summed E-state index contributed by atoms with van der Waals surface area (Å²) < 4.78 is 25.5. The molecule has 34 heavy (non-hydrogen) atoms. The van der Waals surface area contributed by atoms with Crippen LogP contribution in [0.5, 0.6) is 0 Å². The van der Waals surface area contributed by atoms with E-state index in [1.165, 1.54) is 77.0 Å². The van der Waals surface area contributed by atoms with Gasteiger partial charge >= 0.3 is 13.8 Å². The average Bonchev–Trinajstić information content (AvgIpc) is 2.82. The monoisotopic (exact) mass is 512 g/mol. The van der Waals surface area contributed by atoms with E-state index in [1.807, 2.05) is 0 Å². The summed E-state index contributed by atoms with van der Waals surface area (Å²) in [6.45, 7) is 0.107. The van der Waals surface area contributed by atoms with Gasteiger partial charge in [0.05, 0.1) is 19.8 Å². The summed E-state index contributed by atoms with van der Waals surface area (Å²) in [7, 11) is -4.48. The zero-order valence-corrected chi connectivity index (χ0v) is 22.0. The van der Waals surface area contributed by atoms with Crippen molar-refractivity contribution in [2.45, 2.75) is 122 Å². The Morgan fingerprint density at radius 2 is 1.12 bits per heavy atom. The van der Waals surface area contributed by atoms with E-state index in [0.717, 1.165) is 19.3 Å². The van der Waals surface area contributed by atoms with Crippen LogP contribution in [-0.4, -0.2) is 64.8 Å². The van der Waals surface area contributed by atoms with Gasteiger partial charge in [-0.05, 0) is 6.42 Å². The van der Waals surface area contributed by atoms with Gasteiger partial charge in [0.25, 0.3) is 0 Å². The third kappa shape index (κ3) is 23.2. The molecular weight excluding hydrogens is 463 g/mol. The first-order chi connectivity index (χ1) is 16.3. The van der Waals surface area contributed by atoms with Gasteiger partial charge in [-0.1, -0.05) is 96.8 Å². The number of aliphatic hydroxyl groups is 3. The third-order valence-electron chi connectivity index (χ3n) is 5.49. The predicted octanol–water partition coefficient (Wildman–Crippen LogP) is 4.64. The van der Waals surface area contributed by atoms with Gasteiger partial charge < -0.3 is 24.9 Å². The van der Waals surface area contributed by atoms with E-state index in [9.17, 15) is 19.4 Å². The molecule has 0 amide bonds.